The second-order valence-corrected chi connectivity index (χ2v) is 7.91. The van der Waals surface area contributed by atoms with Gasteiger partial charge in [0.2, 0.25) is 5.91 Å². The van der Waals surface area contributed by atoms with E-state index < -0.39 is 15.1 Å². The minimum atomic E-state index is -3.25. The summed E-state index contributed by atoms with van der Waals surface area (Å²) in [6.45, 7) is 0.879. The summed E-state index contributed by atoms with van der Waals surface area (Å²) in [6, 6.07) is 0.202. The van der Waals surface area contributed by atoms with Crippen molar-refractivity contribution in [2.45, 2.75) is 56.2 Å². The molecule has 2 fully saturated rings. The van der Waals surface area contributed by atoms with E-state index in [2.05, 4.69) is 0 Å². The molecule has 2 rings (SSSR count). The highest BCUT2D eigenvalue weighted by Crippen LogP contribution is 2.27. The third-order valence-corrected chi connectivity index (χ3v) is 6.43. The molecule has 5 nitrogen and oxygen atoms in total. The van der Waals surface area contributed by atoms with Crippen molar-refractivity contribution in [2.75, 3.05) is 18.8 Å². The van der Waals surface area contributed by atoms with Crippen LogP contribution in [0.5, 0.6) is 0 Å². The Bertz CT molecular complexity index is 416. The molecule has 1 unspecified atom stereocenters. The summed E-state index contributed by atoms with van der Waals surface area (Å²) in [5.74, 6) is -0.0399. The highest BCUT2D eigenvalue weighted by Gasteiger charge is 2.39. The third kappa shape index (κ3) is 3.28. The Morgan fingerprint density at radius 1 is 1.11 bits per heavy atom. The van der Waals surface area contributed by atoms with Crippen LogP contribution in [-0.2, 0) is 14.6 Å². The van der Waals surface area contributed by atoms with Crippen molar-refractivity contribution in [1.82, 2.24) is 4.90 Å². The number of amides is 1. The lowest BCUT2D eigenvalue weighted by Gasteiger charge is -2.33. The fourth-order valence-corrected chi connectivity index (χ4v) is 5.10. The molecular formula is C13H24N2O3S. The molecule has 2 N–H and O–H groups in total. The lowest BCUT2D eigenvalue weighted by Crippen LogP contribution is -2.50. The van der Waals surface area contributed by atoms with Crippen LogP contribution < -0.4 is 5.73 Å². The van der Waals surface area contributed by atoms with Crippen LogP contribution in [0.15, 0.2) is 0 Å². The van der Waals surface area contributed by atoms with Crippen LogP contribution >= 0.6 is 0 Å². The van der Waals surface area contributed by atoms with Crippen molar-refractivity contribution in [1.29, 1.82) is 0 Å². The molecule has 0 radical (unpaired) electrons. The van der Waals surface area contributed by atoms with Crippen molar-refractivity contribution in [2.24, 2.45) is 5.73 Å². The van der Waals surface area contributed by atoms with E-state index in [1.54, 1.807) is 4.90 Å². The molecule has 1 amide bonds. The van der Waals surface area contributed by atoms with Gasteiger partial charge in [-0.1, -0.05) is 19.3 Å². The molecule has 1 saturated heterocycles. The van der Waals surface area contributed by atoms with E-state index in [1.807, 2.05) is 0 Å². The third-order valence-electron chi connectivity index (χ3n) is 4.27. The van der Waals surface area contributed by atoms with Gasteiger partial charge in [-0.25, -0.2) is 8.42 Å². The number of rotatable bonds is 4. The standard InChI is InChI=1S/C13H24N2O3S/c14-8-9-15(11-5-1-2-6-11)13(16)12-7-3-4-10-19(12,17)18/h11-12H,1-10,14H2. The van der Waals surface area contributed by atoms with Crippen LogP contribution in [0.25, 0.3) is 0 Å². The Kier molecular flexibility index (Phi) is 4.84. The quantitative estimate of drug-likeness (QED) is 0.825. The molecule has 1 heterocycles. The molecule has 2 aliphatic rings. The van der Waals surface area contributed by atoms with Crippen molar-refractivity contribution in [3.63, 3.8) is 0 Å². The van der Waals surface area contributed by atoms with E-state index in [1.165, 1.54) is 0 Å². The molecule has 0 bridgehead atoms. The number of hydrogen-bond donors (Lipinski definition) is 1. The molecule has 1 aliphatic carbocycles. The van der Waals surface area contributed by atoms with Gasteiger partial charge in [-0.2, -0.15) is 0 Å². The normalized spacial score (nSPS) is 27.3. The topological polar surface area (TPSA) is 80.5 Å². The zero-order valence-corrected chi connectivity index (χ0v) is 12.2. The van der Waals surface area contributed by atoms with Gasteiger partial charge < -0.3 is 10.6 Å². The number of carbonyl (C=O) groups is 1. The minimum absolute atomic E-state index is 0.157. The van der Waals surface area contributed by atoms with E-state index in [0.29, 0.717) is 25.9 Å². The lowest BCUT2D eigenvalue weighted by atomic mass is 10.1. The molecule has 19 heavy (non-hydrogen) atoms. The molecule has 0 aromatic heterocycles. The van der Waals surface area contributed by atoms with Gasteiger partial charge in [-0.05, 0) is 25.7 Å². The second-order valence-electron chi connectivity index (χ2n) is 5.61. The molecule has 1 atom stereocenters. The number of nitrogens with zero attached hydrogens (tertiary/aromatic N) is 1. The van der Waals surface area contributed by atoms with E-state index >= 15 is 0 Å². The van der Waals surface area contributed by atoms with Crippen molar-refractivity contribution in [3.05, 3.63) is 0 Å². The van der Waals surface area contributed by atoms with Gasteiger partial charge in [0.15, 0.2) is 9.84 Å². The summed E-state index contributed by atoms with van der Waals surface area (Å²) in [4.78, 5) is 14.3. The maximum Gasteiger partial charge on any atom is 0.241 e. The molecule has 6 heteroatoms. The lowest BCUT2D eigenvalue weighted by molar-refractivity contribution is -0.133. The fourth-order valence-electron chi connectivity index (χ4n) is 3.24. The highest BCUT2D eigenvalue weighted by atomic mass is 32.2. The Balaban J connectivity index is 2.13. The summed E-state index contributed by atoms with van der Waals surface area (Å²) < 4.78 is 24.1. The highest BCUT2D eigenvalue weighted by molar-refractivity contribution is 7.92. The molecule has 0 spiro atoms. The first-order valence-corrected chi connectivity index (χ1v) is 9.00. The molecule has 1 saturated carbocycles. The number of carbonyl (C=O) groups excluding carboxylic acids is 1. The summed E-state index contributed by atoms with van der Waals surface area (Å²) in [5, 5.41) is -0.812. The molecule has 1 aliphatic heterocycles. The van der Waals surface area contributed by atoms with Crippen LogP contribution in [-0.4, -0.2) is 49.4 Å². The van der Waals surface area contributed by atoms with E-state index in [9.17, 15) is 13.2 Å². The molecular weight excluding hydrogens is 264 g/mol. The SMILES string of the molecule is NCCN(C(=O)C1CCCCS1(=O)=O)C1CCCC1. The first-order chi connectivity index (χ1) is 9.06. The fraction of sp³-hybridized carbons (Fsp3) is 0.923. The Hall–Kier alpha value is -0.620. The first-order valence-electron chi connectivity index (χ1n) is 7.28. The predicted octanol–water partition coefficient (Wildman–Crippen LogP) is 0.684. The van der Waals surface area contributed by atoms with Crippen LogP contribution in [0, 0.1) is 0 Å². The summed E-state index contributed by atoms with van der Waals surface area (Å²) in [5.41, 5.74) is 5.59. The second kappa shape index (κ2) is 6.22. The summed E-state index contributed by atoms with van der Waals surface area (Å²) >= 11 is 0. The van der Waals surface area contributed by atoms with Gasteiger partial charge in [0.1, 0.15) is 5.25 Å². The number of nitrogens with two attached hydrogens (primary N) is 1. The summed E-state index contributed by atoms with van der Waals surface area (Å²) in [7, 11) is -3.25. The molecule has 0 aromatic carbocycles. The monoisotopic (exact) mass is 288 g/mol. The average Bonchev–Trinajstić information content (AvgIpc) is 2.88. The van der Waals surface area contributed by atoms with Crippen LogP contribution in [0.3, 0.4) is 0 Å². The van der Waals surface area contributed by atoms with E-state index in [0.717, 1.165) is 32.1 Å². The van der Waals surface area contributed by atoms with Crippen molar-refractivity contribution >= 4 is 15.7 Å². The van der Waals surface area contributed by atoms with Crippen molar-refractivity contribution in [3.8, 4) is 0 Å². The van der Waals surface area contributed by atoms with Gasteiger partial charge >= 0.3 is 0 Å². The van der Waals surface area contributed by atoms with Gasteiger partial charge in [-0.3, -0.25) is 4.79 Å². The number of sulfone groups is 1. The smallest absolute Gasteiger partial charge is 0.241 e. The van der Waals surface area contributed by atoms with E-state index in [4.69, 9.17) is 5.73 Å². The van der Waals surface area contributed by atoms with Gasteiger partial charge in [0, 0.05) is 19.1 Å². The zero-order valence-electron chi connectivity index (χ0n) is 11.4. The maximum absolute atomic E-state index is 12.6. The van der Waals surface area contributed by atoms with Gasteiger partial charge in [-0.15, -0.1) is 0 Å². The van der Waals surface area contributed by atoms with Crippen LogP contribution in [0.4, 0.5) is 0 Å². The zero-order chi connectivity index (χ0) is 13.9. The Morgan fingerprint density at radius 2 is 1.74 bits per heavy atom. The summed E-state index contributed by atoms with van der Waals surface area (Å²) in [6.07, 6.45) is 6.21. The van der Waals surface area contributed by atoms with Gasteiger partial charge in [0.05, 0.1) is 5.75 Å². The van der Waals surface area contributed by atoms with E-state index in [-0.39, 0.29) is 17.7 Å². The average molecular weight is 288 g/mol. The van der Waals surface area contributed by atoms with Gasteiger partial charge in [0.25, 0.3) is 0 Å². The largest absolute Gasteiger partial charge is 0.337 e. The van der Waals surface area contributed by atoms with Crippen molar-refractivity contribution < 1.29 is 13.2 Å². The van der Waals surface area contributed by atoms with Crippen LogP contribution in [0.2, 0.25) is 0 Å². The Morgan fingerprint density at radius 3 is 2.32 bits per heavy atom. The first kappa shape index (κ1) is 14.8. The molecule has 0 aromatic rings. The maximum atomic E-state index is 12.6. The molecule has 110 valence electrons. The predicted molar refractivity (Wildman–Crippen MR) is 74.4 cm³/mol. The Labute approximate surface area is 115 Å². The minimum Gasteiger partial charge on any atom is -0.337 e. The van der Waals surface area contributed by atoms with Crippen LogP contribution in [0.1, 0.15) is 44.9 Å². The number of hydrogen-bond acceptors (Lipinski definition) is 4.